The molecule has 5 heteroatoms. The molecule has 1 aromatic heterocycles. The van der Waals surface area contributed by atoms with Gasteiger partial charge in [-0.05, 0) is 11.6 Å². The van der Waals surface area contributed by atoms with Gasteiger partial charge < -0.3 is 19.7 Å². The van der Waals surface area contributed by atoms with Crippen LogP contribution in [0.15, 0.2) is 18.5 Å². The summed E-state index contributed by atoms with van der Waals surface area (Å²) in [5.74, 6) is 0. The van der Waals surface area contributed by atoms with Crippen LogP contribution < -0.4 is 10.2 Å². The number of nitrogens with zero attached hydrogens (tertiary/aromatic N) is 2. The Morgan fingerprint density at radius 3 is 2.40 bits per heavy atom. The summed E-state index contributed by atoms with van der Waals surface area (Å²) in [6.07, 6.45) is 3.76. The van der Waals surface area contributed by atoms with E-state index in [-0.39, 0.29) is 0 Å². The van der Waals surface area contributed by atoms with Crippen molar-refractivity contribution in [1.82, 2.24) is 10.3 Å². The largest absolute Gasteiger partial charge is 0.383 e. The van der Waals surface area contributed by atoms with Crippen LogP contribution in [0.4, 0.5) is 5.69 Å². The first kappa shape index (κ1) is 16.9. The molecule has 0 aliphatic rings. The van der Waals surface area contributed by atoms with Crippen molar-refractivity contribution in [2.24, 2.45) is 0 Å². The third kappa shape index (κ3) is 5.86. The Balaban J connectivity index is 2.81. The van der Waals surface area contributed by atoms with E-state index in [4.69, 9.17) is 9.47 Å². The Morgan fingerprint density at radius 1 is 1.20 bits per heavy atom. The average Bonchev–Trinajstić information content (AvgIpc) is 2.46. The van der Waals surface area contributed by atoms with Crippen LogP contribution in [0.25, 0.3) is 0 Å². The zero-order valence-corrected chi connectivity index (χ0v) is 13.1. The van der Waals surface area contributed by atoms with E-state index in [1.807, 2.05) is 12.4 Å². The molecule has 1 heterocycles. The molecule has 1 N–H and O–H groups in total. The first-order valence-electron chi connectivity index (χ1n) is 7.08. The van der Waals surface area contributed by atoms with Crippen LogP contribution in [0.1, 0.15) is 19.4 Å². The molecule has 5 nitrogen and oxygen atoms in total. The minimum atomic E-state index is 0.461. The lowest BCUT2D eigenvalue weighted by molar-refractivity contribution is 0.190. The lowest BCUT2D eigenvalue weighted by atomic mass is 10.2. The number of rotatable bonds is 10. The first-order valence-corrected chi connectivity index (χ1v) is 7.08. The first-order chi connectivity index (χ1) is 9.69. The molecule has 0 aliphatic carbocycles. The van der Waals surface area contributed by atoms with Crippen molar-refractivity contribution in [3.05, 3.63) is 24.0 Å². The van der Waals surface area contributed by atoms with Crippen molar-refractivity contribution >= 4 is 5.69 Å². The smallest absolute Gasteiger partial charge is 0.0637 e. The highest BCUT2D eigenvalue weighted by molar-refractivity contribution is 5.51. The minimum absolute atomic E-state index is 0.461. The quantitative estimate of drug-likeness (QED) is 0.707. The Bertz CT molecular complexity index is 364. The Morgan fingerprint density at radius 2 is 1.85 bits per heavy atom. The van der Waals surface area contributed by atoms with Gasteiger partial charge >= 0.3 is 0 Å². The van der Waals surface area contributed by atoms with Crippen LogP contribution in [0, 0.1) is 0 Å². The Labute approximate surface area is 122 Å². The number of nitrogens with one attached hydrogen (secondary N) is 1. The maximum atomic E-state index is 5.19. The second kappa shape index (κ2) is 9.69. The standard InChI is InChI=1S/C15H27N3O2/c1-13(2)17-11-14-5-6-16-12-15(14)18(7-9-19-3)8-10-20-4/h5-6,12-13,17H,7-11H2,1-4H3. The summed E-state index contributed by atoms with van der Waals surface area (Å²) in [5.41, 5.74) is 2.40. The van der Waals surface area contributed by atoms with E-state index >= 15 is 0 Å². The summed E-state index contributed by atoms with van der Waals surface area (Å²) in [6, 6.07) is 2.53. The number of hydrogen-bond donors (Lipinski definition) is 1. The van der Waals surface area contributed by atoms with Crippen LogP contribution in [-0.2, 0) is 16.0 Å². The van der Waals surface area contributed by atoms with Crippen LogP contribution in [0.5, 0.6) is 0 Å². The van der Waals surface area contributed by atoms with Crippen molar-refractivity contribution in [2.75, 3.05) is 45.4 Å². The predicted octanol–water partition coefficient (Wildman–Crippen LogP) is 1.68. The van der Waals surface area contributed by atoms with Gasteiger partial charge in [0.15, 0.2) is 0 Å². The molecule has 0 atom stereocenters. The van der Waals surface area contributed by atoms with Gasteiger partial charge in [-0.1, -0.05) is 13.8 Å². The van der Waals surface area contributed by atoms with Gasteiger partial charge in [-0.3, -0.25) is 4.98 Å². The van der Waals surface area contributed by atoms with E-state index in [1.165, 1.54) is 5.56 Å². The Kier molecular flexibility index (Phi) is 8.18. The lowest BCUT2D eigenvalue weighted by Gasteiger charge is -2.26. The number of pyridine rings is 1. The van der Waals surface area contributed by atoms with Crippen molar-refractivity contribution < 1.29 is 9.47 Å². The molecule has 0 saturated carbocycles. The summed E-state index contributed by atoms with van der Waals surface area (Å²) in [5, 5.41) is 3.45. The zero-order valence-electron chi connectivity index (χ0n) is 13.1. The molecule has 0 spiro atoms. The Hall–Kier alpha value is -1.17. The molecule has 0 aliphatic heterocycles. The molecule has 0 bridgehead atoms. The van der Waals surface area contributed by atoms with Crippen LogP contribution >= 0.6 is 0 Å². The van der Waals surface area contributed by atoms with Crippen LogP contribution in [0.3, 0.4) is 0 Å². The lowest BCUT2D eigenvalue weighted by Crippen LogP contribution is -2.32. The number of aromatic nitrogens is 1. The van der Waals surface area contributed by atoms with E-state index in [0.29, 0.717) is 19.3 Å². The number of methoxy groups -OCH3 is 2. The molecular formula is C15H27N3O2. The molecule has 114 valence electrons. The average molecular weight is 281 g/mol. The second-order valence-electron chi connectivity index (χ2n) is 5.01. The summed E-state index contributed by atoms with van der Waals surface area (Å²) in [4.78, 5) is 6.52. The van der Waals surface area contributed by atoms with Gasteiger partial charge in [0.1, 0.15) is 0 Å². The second-order valence-corrected chi connectivity index (χ2v) is 5.01. The summed E-state index contributed by atoms with van der Waals surface area (Å²) in [7, 11) is 3.44. The summed E-state index contributed by atoms with van der Waals surface area (Å²) >= 11 is 0. The molecule has 0 unspecified atom stereocenters. The molecule has 1 rings (SSSR count). The summed E-state index contributed by atoms with van der Waals surface area (Å²) in [6.45, 7) is 8.18. The number of ether oxygens (including phenoxy) is 2. The SMILES string of the molecule is COCCN(CCOC)c1cnccc1CNC(C)C. The van der Waals surface area contributed by atoms with E-state index in [0.717, 1.165) is 25.3 Å². The highest BCUT2D eigenvalue weighted by atomic mass is 16.5. The molecule has 1 aromatic rings. The van der Waals surface area contributed by atoms with Gasteiger partial charge in [0.25, 0.3) is 0 Å². The third-order valence-electron chi connectivity index (χ3n) is 3.06. The third-order valence-corrected chi connectivity index (χ3v) is 3.06. The van der Waals surface area contributed by atoms with Crippen LogP contribution in [0.2, 0.25) is 0 Å². The van der Waals surface area contributed by atoms with E-state index < -0.39 is 0 Å². The topological polar surface area (TPSA) is 46.6 Å². The number of hydrogen-bond acceptors (Lipinski definition) is 5. The molecular weight excluding hydrogens is 254 g/mol. The normalized spacial score (nSPS) is 11.1. The molecule has 0 saturated heterocycles. The predicted molar refractivity (Wildman–Crippen MR) is 82.2 cm³/mol. The monoisotopic (exact) mass is 281 g/mol. The fourth-order valence-electron chi connectivity index (χ4n) is 1.92. The van der Waals surface area contributed by atoms with E-state index in [9.17, 15) is 0 Å². The molecule has 0 radical (unpaired) electrons. The highest BCUT2D eigenvalue weighted by Gasteiger charge is 2.11. The van der Waals surface area contributed by atoms with Crippen molar-refractivity contribution in [1.29, 1.82) is 0 Å². The van der Waals surface area contributed by atoms with Crippen LogP contribution in [-0.4, -0.2) is 51.5 Å². The molecule has 0 amide bonds. The highest BCUT2D eigenvalue weighted by Crippen LogP contribution is 2.19. The van der Waals surface area contributed by atoms with Gasteiger partial charge in [0, 0.05) is 46.1 Å². The van der Waals surface area contributed by atoms with Gasteiger partial charge in [-0.25, -0.2) is 0 Å². The maximum Gasteiger partial charge on any atom is 0.0637 e. The minimum Gasteiger partial charge on any atom is -0.383 e. The van der Waals surface area contributed by atoms with Gasteiger partial charge in [-0.15, -0.1) is 0 Å². The summed E-state index contributed by atoms with van der Waals surface area (Å²) < 4.78 is 10.4. The van der Waals surface area contributed by atoms with Crippen molar-refractivity contribution in [3.8, 4) is 0 Å². The molecule has 20 heavy (non-hydrogen) atoms. The van der Waals surface area contributed by atoms with Gasteiger partial charge in [0.05, 0.1) is 25.1 Å². The van der Waals surface area contributed by atoms with Gasteiger partial charge in [-0.2, -0.15) is 0 Å². The van der Waals surface area contributed by atoms with E-state index in [1.54, 1.807) is 14.2 Å². The number of anilines is 1. The van der Waals surface area contributed by atoms with Crippen molar-refractivity contribution in [2.45, 2.75) is 26.4 Å². The fourth-order valence-corrected chi connectivity index (χ4v) is 1.92. The van der Waals surface area contributed by atoms with Crippen molar-refractivity contribution in [3.63, 3.8) is 0 Å². The van der Waals surface area contributed by atoms with E-state index in [2.05, 4.69) is 35.1 Å². The molecule has 0 aromatic carbocycles. The van der Waals surface area contributed by atoms with Gasteiger partial charge in [0.2, 0.25) is 0 Å². The fraction of sp³-hybridized carbons (Fsp3) is 0.667. The maximum absolute atomic E-state index is 5.19. The zero-order chi connectivity index (χ0) is 14.8. The molecule has 0 fully saturated rings.